The number of amides is 1. The highest BCUT2D eigenvalue weighted by Gasteiger charge is 2.34. The molecule has 1 aliphatic carbocycles. The Morgan fingerprint density at radius 2 is 1.74 bits per heavy atom. The quantitative estimate of drug-likeness (QED) is 0.827. The molecule has 0 bridgehead atoms. The predicted octanol–water partition coefficient (Wildman–Crippen LogP) is 3.65. The average molecular weight is 391 g/mol. The number of hydrogen-bond donors (Lipinski definition) is 2. The van der Waals surface area contributed by atoms with Crippen LogP contribution in [0.5, 0.6) is 0 Å². The molecule has 2 rings (SSSR count). The van der Waals surface area contributed by atoms with E-state index in [2.05, 4.69) is 37.2 Å². The van der Waals surface area contributed by atoms with E-state index in [0.717, 1.165) is 8.95 Å². The molecule has 1 saturated carbocycles. The number of carboxylic acids is 1. The summed E-state index contributed by atoms with van der Waals surface area (Å²) in [6, 6.07) is 5.55. The van der Waals surface area contributed by atoms with Crippen molar-refractivity contribution >= 4 is 49.4 Å². The Kier molecular flexibility index (Phi) is 4.62. The van der Waals surface area contributed by atoms with E-state index in [0.29, 0.717) is 24.9 Å². The number of anilines is 1. The number of halogens is 2. The van der Waals surface area contributed by atoms with Crippen molar-refractivity contribution in [1.29, 1.82) is 0 Å². The Morgan fingerprint density at radius 3 is 2.26 bits per heavy atom. The van der Waals surface area contributed by atoms with Gasteiger partial charge in [-0.3, -0.25) is 9.59 Å². The maximum atomic E-state index is 12.1. The maximum absolute atomic E-state index is 12.1. The van der Waals surface area contributed by atoms with Gasteiger partial charge in [-0.1, -0.05) is 6.07 Å². The molecular formula is C13H13Br2NO3. The van der Waals surface area contributed by atoms with Crippen molar-refractivity contribution in [2.75, 3.05) is 5.32 Å². The van der Waals surface area contributed by atoms with Crippen LogP contribution in [0.15, 0.2) is 27.1 Å². The van der Waals surface area contributed by atoms with E-state index in [1.807, 2.05) is 18.2 Å². The predicted molar refractivity (Wildman–Crippen MR) is 78.9 cm³/mol. The highest BCUT2D eigenvalue weighted by Crippen LogP contribution is 2.35. The fraction of sp³-hybridized carbons (Fsp3) is 0.385. The standard InChI is InChI=1S/C13H13Br2NO3/c14-9-2-1-3-10(15)11(9)16-12(17)7-4-5-8(6-7)13(18)19/h1-3,7-8H,4-6H2,(H,16,17)(H,18,19). The minimum absolute atomic E-state index is 0.114. The van der Waals surface area contributed by atoms with Gasteiger partial charge in [-0.05, 0) is 63.3 Å². The molecule has 2 N–H and O–H groups in total. The lowest BCUT2D eigenvalue weighted by molar-refractivity contribution is -0.141. The van der Waals surface area contributed by atoms with Crippen LogP contribution in [0, 0.1) is 11.8 Å². The largest absolute Gasteiger partial charge is 0.481 e. The molecule has 0 aliphatic heterocycles. The van der Waals surface area contributed by atoms with Crippen molar-refractivity contribution in [1.82, 2.24) is 0 Å². The number of rotatable bonds is 3. The van der Waals surface area contributed by atoms with Gasteiger partial charge in [0.15, 0.2) is 0 Å². The van der Waals surface area contributed by atoms with E-state index < -0.39 is 11.9 Å². The van der Waals surface area contributed by atoms with Gasteiger partial charge in [-0.25, -0.2) is 0 Å². The number of nitrogens with one attached hydrogen (secondary N) is 1. The number of carbonyl (C=O) groups excluding carboxylic acids is 1. The molecule has 19 heavy (non-hydrogen) atoms. The van der Waals surface area contributed by atoms with Crippen molar-refractivity contribution in [3.05, 3.63) is 27.1 Å². The summed E-state index contributed by atoms with van der Waals surface area (Å²) in [5, 5.41) is 11.8. The molecular weight excluding hydrogens is 378 g/mol. The van der Waals surface area contributed by atoms with Crippen LogP contribution in [0.3, 0.4) is 0 Å². The van der Waals surface area contributed by atoms with Gasteiger partial charge in [0.2, 0.25) is 5.91 Å². The number of para-hydroxylation sites is 1. The lowest BCUT2D eigenvalue weighted by Gasteiger charge is -2.13. The second-order valence-corrected chi connectivity index (χ2v) is 6.34. The molecule has 0 heterocycles. The first-order valence-electron chi connectivity index (χ1n) is 5.96. The summed E-state index contributed by atoms with van der Waals surface area (Å²) in [7, 11) is 0. The topological polar surface area (TPSA) is 66.4 Å². The molecule has 2 atom stereocenters. The Morgan fingerprint density at radius 1 is 1.16 bits per heavy atom. The van der Waals surface area contributed by atoms with Gasteiger partial charge in [0.05, 0.1) is 11.6 Å². The van der Waals surface area contributed by atoms with E-state index in [-0.39, 0.29) is 11.8 Å². The number of carboxylic acid groups (broad SMARTS) is 1. The smallest absolute Gasteiger partial charge is 0.306 e. The Bertz CT molecular complexity index is 498. The molecule has 4 nitrogen and oxygen atoms in total. The second-order valence-electron chi connectivity index (χ2n) is 4.63. The lowest BCUT2D eigenvalue weighted by Crippen LogP contribution is -2.22. The lowest BCUT2D eigenvalue weighted by atomic mass is 10.0. The Labute approximate surface area is 127 Å². The monoisotopic (exact) mass is 389 g/mol. The summed E-state index contributed by atoms with van der Waals surface area (Å²) >= 11 is 6.76. The Hall–Kier alpha value is -0.880. The third-order valence-corrected chi connectivity index (χ3v) is 4.69. The van der Waals surface area contributed by atoms with Crippen molar-refractivity contribution in [2.24, 2.45) is 11.8 Å². The van der Waals surface area contributed by atoms with Crippen molar-refractivity contribution in [3.8, 4) is 0 Å². The first-order valence-corrected chi connectivity index (χ1v) is 7.55. The maximum Gasteiger partial charge on any atom is 0.306 e. The SMILES string of the molecule is O=C(O)C1CCC(C(=O)Nc2c(Br)cccc2Br)C1. The van der Waals surface area contributed by atoms with Gasteiger partial charge in [0.1, 0.15) is 0 Å². The minimum atomic E-state index is -0.808. The molecule has 1 aromatic rings. The minimum Gasteiger partial charge on any atom is -0.481 e. The second kappa shape index (κ2) is 6.05. The molecule has 1 aromatic carbocycles. The van der Waals surface area contributed by atoms with E-state index in [1.165, 1.54) is 0 Å². The van der Waals surface area contributed by atoms with E-state index in [4.69, 9.17) is 5.11 Å². The van der Waals surface area contributed by atoms with Crippen LogP contribution >= 0.6 is 31.9 Å². The first-order chi connectivity index (χ1) is 8.99. The number of aliphatic carboxylic acids is 1. The van der Waals surface area contributed by atoms with Gasteiger partial charge in [0.25, 0.3) is 0 Å². The molecule has 1 amide bonds. The summed E-state index contributed by atoms with van der Waals surface area (Å²) < 4.78 is 1.59. The van der Waals surface area contributed by atoms with Crippen molar-refractivity contribution < 1.29 is 14.7 Å². The molecule has 102 valence electrons. The number of hydrogen-bond acceptors (Lipinski definition) is 2. The fourth-order valence-electron chi connectivity index (χ4n) is 2.29. The zero-order valence-electron chi connectivity index (χ0n) is 10.0. The molecule has 0 aromatic heterocycles. The summed E-state index contributed by atoms with van der Waals surface area (Å²) in [5.41, 5.74) is 0.686. The summed E-state index contributed by atoms with van der Waals surface area (Å²) in [6.45, 7) is 0. The van der Waals surface area contributed by atoms with Gasteiger partial charge >= 0.3 is 5.97 Å². The molecule has 0 saturated heterocycles. The summed E-state index contributed by atoms with van der Waals surface area (Å²) in [5.74, 6) is -1.53. The van der Waals surface area contributed by atoms with Crippen LogP contribution in [-0.2, 0) is 9.59 Å². The third kappa shape index (κ3) is 3.36. The molecule has 2 unspecified atom stereocenters. The molecule has 1 fully saturated rings. The highest BCUT2D eigenvalue weighted by atomic mass is 79.9. The van der Waals surface area contributed by atoms with Crippen LogP contribution in [0.2, 0.25) is 0 Å². The zero-order valence-corrected chi connectivity index (χ0v) is 13.2. The van der Waals surface area contributed by atoms with Crippen LogP contribution in [-0.4, -0.2) is 17.0 Å². The van der Waals surface area contributed by atoms with Crippen LogP contribution in [0.1, 0.15) is 19.3 Å². The molecule has 0 spiro atoms. The molecule has 0 radical (unpaired) electrons. The van der Waals surface area contributed by atoms with Gasteiger partial charge in [-0.15, -0.1) is 0 Å². The molecule has 1 aliphatic rings. The van der Waals surface area contributed by atoms with Crippen molar-refractivity contribution in [2.45, 2.75) is 19.3 Å². The van der Waals surface area contributed by atoms with Gasteiger partial charge < -0.3 is 10.4 Å². The van der Waals surface area contributed by atoms with E-state index in [9.17, 15) is 9.59 Å². The van der Waals surface area contributed by atoms with Gasteiger partial charge in [0, 0.05) is 14.9 Å². The molecule has 6 heteroatoms. The van der Waals surface area contributed by atoms with Crippen LogP contribution in [0.25, 0.3) is 0 Å². The summed E-state index contributed by atoms with van der Waals surface area (Å²) in [6.07, 6.45) is 1.62. The Balaban J connectivity index is 2.04. The van der Waals surface area contributed by atoms with Crippen molar-refractivity contribution in [3.63, 3.8) is 0 Å². The number of benzene rings is 1. The highest BCUT2D eigenvalue weighted by molar-refractivity contribution is 9.11. The average Bonchev–Trinajstić information content (AvgIpc) is 2.83. The van der Waals surface area contributed by atoms with E-state index >= 15 is 0 Å². The summed E-state index contributed by atoms with van der Waals surface area (Å²) in [4.78, 5) is 23.0. The third-order valence-electron chi connectivity index (χ3n) is 3.36. The van der Waals surface area contributed by atoms with E-state index in [1.54, 1.807) is 0 Å². The van der Waals surface area contributed by atoms with Gasteiger partial charge in [-0.2, -0.15) is 0 Å². The normalized spacial score (nSPS) is 22.2. The number of carbonyl (C=O) groups is 2. The van der Waals surface area contributed by atoms with Crippen LogP contribution < -0.4 is 5.32 Å². The van der Waals surface area contributed by atoms with Crippen LogP contribution in [0.4, 0.5) is 5.69 Å². The fourth-order valence-corrected chi connectivity index (χ4v) is 3.48. The first kappa shape index (κ1) is 14.5. The zero-order chi connectivity index (χ0) is 14.0.